The number of nitrogens with zero attached hydrogens (tertiary/aromatic N) is 2. The van der Waals surface area contributed by atoms with Gasteiger partial charge in [-0.25, -0.2) is 0 Å². The van der Waals surface area contributed by atoms with Crippen molar-refractivity contribution in [2.24, 2.45) is 5.92 Å². The minimum Gasteiger partial charge on any atom is -0.300 e. The zero-order valence-corrected chi connectivity index (χ0v) is 10.2. The summed E-state index contributed by atoms with van der Waals surface area (Å²) in [6.07, 6.45) is 8.00. The van der Waals surface area contributed by atoms with Crippen LogP contribution in [0.2, 0.25) is 0 Å². The predicted octanol–water partition coefficient (Wildman–Crippen LogP) is 2.14. The van der Waals surface area contributed by atoms with Crippen molar-refractivity contribution in [1.29, 1.82) is 0 Å². The van der Waals surface area contributed by atoms with Gasteiger partial charge < -0.3 is 4.90 Å². The molecule has 2 saturated heterocycles. The van der Waals surface area contributed by atoms with Gasteiger partial charge in [0.15, 0.2) is 5.78 Å². The Labute approximate surface area is 102 Å². The molecule has 0 aromatic carbocycles. The largest absolute Gasteiger partial charge is 0.300 e. The molecule has 2 bridgehead atoms. The van der Waals surface area contributed by atoms with E-state index in [0.29, 0.717) is 17.9 Å². The summed E-state index contributed by atoms with van der Waals surface area (Å²) in [6, 6.07) is 4.98. The summed E-state index contributed by atoms with van der Waals surface area (Å²) >= 11 is 0. The number of pyridine rings is 1. The van der Waals surface area contributed by atoms with Crippen LogP contribution in [0.15, 0.2) is 24.5 Å². The first kappa shape index (κ1) is 10.9. The molecule has 3 nitrogen and oxygen atoms in total. The van der Waals surface area contributed by atoms with Crippen LogP contribution in [0, 0.1) is 5.92 Å². The average molecular weight is 230 g/mol. The molecule has 3 heterocycles. The summed E-state index contributed by atoms with van der Waals surface area (Å²) in [5.74, 6) is 0.510. The Bertz CT molecular complexity index is 403. The van der Waals surface area contributed by atoms with Gasteiger partial charge in [-0.05, 0) is 44.9 Å². The monoisotopic (exact) mass is 230 g/mol. The second-order valence-electron chi connectivity index (χ2n) is 5.32. The first-order valence-corrected chi connectivity index (χ1v) is 6.42. The van der Waals surface area contributed by atoms with Gasteiger partial charge in [0, 0.05) is 36.0 Å². The van der Waals surface area contributed by atoms with Gasteiger partial charge in [-0.1, -0.05) is 0 Å². The van der Waals surface area contributed by atoms with Crippen molar-refractivity contribution >= 4 is 5.78 Å². The molecule has 0 aliphatic carbocycles. The Morgan fingerprint density at radius 3 is 2.65 bits per heavy atom. The maximum absolute atomic E-state index is 12.4. The van der Waals surface area contributed by atoms with Crippen molar-refractivity contribution in [3.8, 4) is 0 Å². The van der Waals surface area contributed by atoms with E-state index < -0.39 is 0 Å². The highest BCUT2D eigenvalue weighted by molar-refractivity contribution is 5.97. The molecular weight excluding hydrogens is 212 g/mol. The van der Waals surface area contributed by atoms with Gasteiger partial charge in [0.05, 0.1) is 0 Å². The SMILES string of the molecule is CN1C2CCC1CC(C(=O)c1cccnc1)C2. The molecule has 0 spiro atoms. The highest BCUT2D eigenvalue weighted by Gasteiger charge is 2.40. The fraction of sp³-hybridized carbons (Fsp3) is 0.571. The zero-order chi connectivity index (χ0) is 11.8. The van der Waals surface area contributed by atoms with Crippen molar-refractivity contribution in [1.82, 2.24) is 9.88 Å². The molecule has 1 aromatic rings. The number of Topliss-reactive ketones (excluding diaryl/α,β-unsaturated/α-hetero) is 1. The quantitative estimate of drug-likeness (QED) is 0.730. The van der Waals surface area contributed by atoms with Gasteiger partial charge in [0.25, 0.3) is 0 Å². The summed E-state index contributed by atoms with van der Waals surface area (Å²) in [5, 5.41) is 0. The topological polar surface area (TPSA) is 33.2 Å². The van der Waals surface area contributed by atoms with Crippen LogP contribution in [0.25, 0.3) is 0 Å². The second-order valence-corrected chi connectivity index (χ2v) is 5.32. The van der Waals surface area contributed by atoms with Crippen LogP contribution >= 0.6 is 0 Å². The minimum atomic E-state index is 0.216. The number of carbonyl (C=O) groups is 1. The second kappa shape index (κ2) is 4.22. The van der Waals surface area contributed by atoms with Gasteiger partial charge >= 0.3 is 0 Å². The van der Waals surface area contributed by atoms with Crippen molar-refractivity contribution in [3.05, 3.63) is 30.1 Å². The van der Waals surface area contributed by atoms with Crippen LogP contribution in [0.4, 0.5) is 0 Å². The molecule has 0 saturated carbocycles. The molecule has 2 aliphatic rings. The van der Waals surface area contributed by atoms with E-state index in [9.17, 15) is 4.79 Å². The summed E-state index contributed by atoms with van der Waals surface area (Å²) < 4.78 is 0. The smallest absolute Gasteiger partial charge is 0.167 e. The van der Waals surface area contributed by atoms with E-state index in [2.05, 4.69) is 16.9 Å². The van der Waals surface area contributed by atoms with Crippen molar-refractivity contribution < 1.29 is 4.79 Å². The average Bonchev–Trinajstić information content (AvgIpc) is 2.61. The number of piperidine rings is 1. The summed E-state index contributed by atoms with van der Waals surface area (Å²) in [7, 11) is 2.20. The molecule has 2 fully saturated rings. The molecule has 2 unspecified atom stereocenters. The lowest BCUT2D eigenvalue weighted by Crippen LogP contribution is -2.42. The number of carbonyl (C=O) groups excluding carboxylic acids is 1. The molecule has 17 heavy (non-hydrogen) atoms. The van der Waals surface area contributed by atoms with Gasteiger partial charge in [0.1, 0.15) is 0 Å². The van der Waals surface area contributed by atoms with Crippen LogP contribution in [0.3, 0.4) is 0 Å². The lowest BCUT2D eigenvalue weighted by atomic mass is 9.85. The molecule has 90 valence electrons. The fourth-order valence-corrected chi connectivity index (χ4v) is 3.37. The molecular formula is C14H18N2O. The van der Waals surface area contributed by atoms with E-state index in [0.717, 1.165) is 18.4 Å². The third kappa shape index (κ3) is 1.89. The van der Waals surface area contributed by atoms with Crippen LogP contribution < -0.4 is 0 Å². The van der Waals surface area contributed by atoms with Gasteiger partial charge in [-0.3, -0.25) is 9.78 Å². The molecule has 0 radical (unpaired) electrons. The van der Waals surface area contributed by atoms with Crippen molar-refractivity contribution in [2.45, 2.75) is 37.8 Å². The predicted molar refractivity (Wildman–Crippen MR) is 65.9 cm³/mol. The molecule has 2 atom stereocenters. The van der Waals surface area contributed by atoms with Crippen molar-refractivity contribution in [3.63, 3.8) is 0 Å². The molecule has 0 N–H and O–H groups in total. The van der Waals surface area contributed by atoms with Crippen LogP contribution in [0.5, 0.6) is 0 Å². The van der Waals surface area contributed by atoms with Crippen LogP contribution in [0.1, 0.15) is 36.0 Å². The lowest BCUT2D eigenvalue weighted by Gasteiger charge is -2.35. The van der Waals surface area contributed by atoms with Crippen LogP contribution in [-0.2, 0) is 0 Å². The third-order valence-electron chi connectivity index (χ3n) is 4.42. The molecule has 3 heteroatoms. The van der Waals surface area contributed by atoms with Crippen LogP contribution in [-0.4, -0.2) is 34.8 Å². The fourth-order valence-electron chi connectivity index (χ4n) is 3.37. The summed E-state index contributed by atoms with van der Waals surface area (Å²) in [5.41, 5.74) is 0.779. The highest BCUT2D eigenvalue weighted by atomic mass is 16.1. The maximum Gasteiger partial charge on any atom is 0.167 e. The first-order chi connectivity index (χ1) is 8.25. The Morgan fingerprint density at radius 1 is 1.35 bits per heavy atom. The number of aromatic nitrogens is 1. The number of ketones is 1. The Hall–Kier alpha value is -1.22. The molecule has 3 rings (SSSR count). The van der Waals surface area contributed by atoms with E-state index >= 15 is 0 Å². The van der Waals surface area contributed by atoms with E-state index in [4.69, 9.17) is 0 Å². The van der Waals surface area contributed by atoms with Gasteiger partial charge in [0.2, 0.25) is 0 Å². The molecule has 2 aliphatic heterocycles. The Balaban J connectivity index is 1.77. The number of fused-ring (bicyclic) bond motifs is 2. The zero-order valence-electron chi connectivity index (χ0n) is 10.2. The van der Waals surface area contributed by atoms with Gasteiger partial charge in [-0.15, -0.1) is 0 Å². The van der Waals surface area contributed by atoms with E-state index in [-0.39, 0.29) is 5.92 Å². The standard InChI is InChI=1S/C14H18N2O/c1-16-12-4-5-13(16)8-11(7-12)14(17)10-3-2-6-15-9-10/h2-3,6,9,11-13H,4-5,7-8H2,1H3. The van der Waals surface area contributed by atoms with Crippen molar-refractivity contribution in [2.75, 3.05) is 7.05 Å². The summed E-state index contributed by atoms with van der Waals surface area (Å²) in [6.45, 7) is 0. The van der Waals surface area contributed by atoms with E-state index in [1.165, 1.54) is 12.8 Å². The Kier molecular flexibility index (Phi) is 2.71. The minimum absolute atomic E-state index is 0.216. The number of hydrogen-bond acceptors (Lipinski definition) is 3. The first-order valence-electron chi connectivity index (χ1n) is 6.42. The number of rotatable bonds is 2. The Morgan fingerprint density at radius 2 is 2.06 bits per heavy atom. The number of hydrogen-bond donors (Lipinski definition) is 0. The maximum atomic E-state index is 12.4. The van der Waals surface area contributed by atoms with E-state index in [1.54, 1.807) is 12.4 Å². The third-order valence-corrected chi connectivity index (χ3v) is 4.42. The highest BCUT2D eigenvalue weighted by Crippen LogP contribution is 2.38. The van der Waals surface area contributed by atoms with E-state index in [1.807, 2.05) is 12.1 Å². The molecule has 1 aromatic heterocycles. The van der Waals surface area contributed by atoms with Gasteiger partial charge in [-0.2, -0.15) is 0 Å². The normalized spacial score (nSPS) is 32.6. The molecule has 0 amide bonds. The lowest BCUT2D eigenvalue weighted by molar-refractivity contribution is 0.0767. The summed E-state index contributed by atoms with van der Waals surface area (Å²) in [4.78, 5) is 18.9.